The Morgan fingerprint density at radius 2 is 1.47 bits per heavy atom. The fraction of sp³-hybridized carbons (Fsp3) is 0. The SMILES string of the molecule is O=c1sc([S-])c([S-])s1.[Sb].[c]1ccccc1. The van der Waals surface area contributed by atoms with E-state index in [2.05, 4.69) is 6.07 Å². The Labute approximate surface area is 125 Å². The molecule has 0 aliphatic carbocycles. The molecule has 1 heterocycles. The van der Waals surface area contributed by atoms with Gasteiger partial charge >= 0.3 is 0 Å². The molecule has 1 aromatic heterocycles. The van der Waals surface area contributed by atoms with Crippen LogP contribution in [0.1, 0.15) is 0 Å². The van der Waals surface area contributed by atoms with Crippen LogP contribution < -0.4 is 4.06 Å². The Hall–Kier alpha value is 0.328. The van der Waals surface area contributed by atoms with Crippen LogP contribution in [0.2, 0.25) is 0 Å². The normalized spacial score (nSPS) is 8.27. The summed E-state index contributed by atoms with van der Waals surface area (Å²) in [5.74, 6) is 0. The van der Waals surface area contributed by atoms with Crippen LogP contribution >= 0.6 is 22.7 Å². The molecule has 0 amide bonds. The van der Waals surface area contributed by atoms with Crippen molar-refractivity contribution in [3.8, 4) is 0 Å². The topological polar surface area (TPSA) is 17.1 Å². The summed E-state index contributed by atoms with van der Waals surface area (Å²) in [6.45, 7) is 0. The van der Waals surface area contributed by atoms with Crippen LogP contribution in [0.5, 0.6) is 0 Å². The Morgan fingerprint density at radius 3 is 1.60 bits per heavy atom. The second kappa shape index (κ2) is 8.48. The summed E-state index contributed by atoms with van der Waals surface area (Å²) in [5, 5.41) is 0. The van der Waals surface area contributed by atoms with E-state index in [4.69, 9.17) is 25.3 Å². The van der Waals surface area contributed by atoms with Gasteiger partial charge in [-0.1, -0.05) is 30.3 Å². The molecule has 0 unspecified atom stereocenters. The molecule has 0 N–H and O–H groups in total. The molecule has 1 aromatic carbocycles. The standard InChI is InChI=1S/C6H5.C3H2OS4.Sb/c1-2-4-6-5-3-1;4-3-7-1(5)2(6)8-3;/h1-5H;5-6H;/p-2. The zero-order valence-electron chi connectivity index (χ0n) is 7.38. The van der Waals surface area contributed by atoms with E-state index in [0.29, 0.717) is 8.42 Å². The maximum atomic E-state index is 10.4. The molecule has 0 atom stereocenters. The van der Waals surface area contributed by atoms with Gasteiger partial charge < -0.3 is 52.7 Å². The van der Waals surface area contributed by atoms with Crippen LogP contribution in [0.15, 0.2) is 43.5 Å². The summed E-state index contributed by atoms with van der Waals surface area (Å²) < 4.78 is 1.10. The molecule has 4 radical (unpaired) electrons. The summed E-state index contributed by atoms with van der Waals surface area (Å²) in [6.07, 6.45) is 0. The molecule has 0 spiro atoms. The third kappa shape index (κ3) is 6.48. The van der Waals surface area contributed by atoms with Gasteiger partial charge in [-0.15, -0.1) is 8.42 Å². The minimum absolute atomic E-state index is 0. The smallest absolute Gasteiger partial charge is 0.101 e. The van der Waals surface area contributed by atoms with Crippen molar-refractivity contribution in [1.29, 1.82) is 0 Å². The van der Waals surface area contributed by atoms with Gasteiger partial charge in [-0.25, -0.2) is 0 Å². The first-order chi connectivity index (χ1) is 6.70. The molecule has 0 bridgehead atoms. The molecule has 1 nitrogen and oxygen atoms in total. The maximum Gasteiger partial charge on any atom is 0.101 e. The molecule has 15 heavy (non-hydrogen) atoms. The summed E-state index contributed by atoms with van der Waals surface area (Å²) in [4.78, 5) is 10.4. The quantitative estimate of drug-likeness (QED) is 0.516. The summed E-state index contributed by atoms with van der Waals surface area (Å²) >= 11 is 11.5. The van der Waals surface area contributed by atoms with E-state index in [0.717, 1.165) is 22.7 Å². The molecule has 0 fully saturated rings. The van der Waals surface area contributed by atoms with Crippen molar-refractivity contribution < 1.29 is 0 Å². The molecular weight excluding hydrogens is 374 g/mol. The van der Waals surface area contributed by atoms with Gasteiger partial charge in [-0.3, -0.25) is 0 Å². The summed E-state index contributed by atoms with van der Waals surface area (Å²) in [5.41, 5.74) is 0. The van der Waals surface area contributed by atoms with Crippen LogP contribution in [0.4, 0.5) is 0 Å². The van der Waals surface area contributed by atoms with Crippen molar-refractivity contribution in [2.45, 2.75) is 8.42 Å². The minimum atomic E-state index is 0. The number of benzene rings is 1. The largest absolute Gasteiger partial charge is 0.429 e. The molecule has 0 saturated carbocycles. The van der Waals surface area contributed by atoms with Crippen LogP contribution in [0, 0.1) is 6.07 Å². The molecule has 0 saturated heterocycles. The molecule has 78 valence electrons. The van der Waals surface area contributed by atoms with Crippen molar-refractivity contribution in [3.63, 3.8) is 0 Å². The summed E-state index contributed by atoms with van der Waals surface area (Å²) in [6, 6.07) is 12.5. The van der Waals surface area contributed by atoms with Gasteiger partial charge in [0.05, 0.1) is 0 Å². The van der Waals surface area contributed by atoms with Crippen molar-refractivity contribution in [2.75, 3.05) is 0 Å². The third-order valence-electron chi connectivity index (χ3n) is 1.13. The Bertz CT molecular complexity index is 374. The molecule has 0 aliphatic rings. The zero-order chi connectivity index (χ0) is 10.4. The summed E-state index contributed by atoms with van der Waals surface area (Å²) in [7, 11) is 0. The van der Waals surface area contributed by atoms with Gasteiger partial charge in [-0.2, -0.15) is 0 Å². The third-order valence-corrected chi connectivity index (χ3v) is 4.16. The van der Waals surface area contributed by atoms with Gasteiger partial charge in [0.15, 0.2) is 0 Å². The van der Waals surface area contributed by atoms with E-state index in [1.54, 1.807) is 0 Å². The van der Waals surface area contributed by atoms with E-state index in [-0.39, 0.29) is 28.5 Å². The van der Waals surface area contributed by atoms with Crippen LogP contribution in [0.25, 0.3) is 0 Å². The van der Waals surface area contributed by atoms with Gasteiger partial charge in [0.2, 0.25) is 0 Å². The van der Waals surface area contributed by atoms with Gasteiger partial charge in [-0.05, 0) is 6.07 Å². The Morgan fingerprint density at radius 1 is 1.00 bits per heavy atom. The Kier molecular flexibility index (Phi) is 8.66. The first kappa shape index (κ1) is 15.3. The second-order valence-corrected chi connectivity index (χ2v) is 5.66. The van der Waals surface area contributed by atoms with Crippen molar-refractivity contribution in [3.05, 3.63) is 45.2 Å². The fourth-order valence-corrected chi connectivity index (χ4v) is 3.00. The average molecular weight is 379 g/mol. The van der Waals surface area contributed by atoms with Gasteiger partial charge in [0, 0.05) is 24.4 Å². The monoisotopic (exact) mass is 378 g/mol. The van der Waals surface area contributed by atoms with E-state index in [1.165, 1.54) is 0 Å². The fourth-order valence-electron chi connectivity index (χ4n) is 0.597. The number of hydrogen-bond donors (Lipinski definition) is 0. The zero-order valence-corrected chi connectivity index (χ0v) is 13.2. The maximum absolute atomic E-state index is 10.4. The van der Waals surface area contributed by atoms with E-state index in [9.17, 15) is 4.79 Å². The van der Waals surface area contributed by atoms with Crippen LogP contribution in [-0.4, -0.2) is 24.4 Å². The van der Waals surface area contributed by atoms with Gasteiger partial charge in [0.1, 0.15) is 4.06 Å². The molecule has 0 aliphatic heterocycles. The predicted molar refractivity (Wildman–Crippen MR) is 70.8 cm³/mol. The molecule has 2 rings (SSSR count). The van der Waals surface area contributed by atoms with E-state index in [1.807, 2.05) is 30.3 Å². The molecule has 2 aromatic rings. The van der Waals surface area contributed by atoms with Crippen molar-refractivity contribution in [2.24, 2.45) is 0 Å². The van der Waals surface area contributed by atoms with Crippen LogP contribution in [-0.2, 0) is 25.3 Å². The van der Waals surface area contributed by atoms with Crippen molar-refractivity contribution >= 4 is 72.4 Å². The predicted octanol–water partition coefficient (Wildman–Crippen LogP) is 2.09. The average Bonchev–Trinajstić information content (AvgIpc) is 2.48. The first-order valence-corrected chi connectivity index (χ1v) is 6.04. The van der Waals surface area contributed by atoms with Crippen LogP contribution in [0.3, 0.4) is 0 Å². The van der Waals surface area contributed by atoms with Gasteiger partial charge in [0.25, 0.3) is 0 Å². The molecule has 6 heteroatoms. The van der Waals surface area contributed by atoms with E-state index < -0.39 is 0 Å². The second-order valence-electron chi connectivity index (χ2n) is 2.11. The number of hydrogen-bond acceptors (Lipinski definition) is 5. The van der Waals surface area contributed by atoms with E-state index >= 15 is 0 Å². The Balaban J connectivity index is 0.000000253. The first-order valence-electron chi connectivity index (χ1n) is 3.59. The number of rotatable bonds is 0. The molecular formula is C9H5OS4Sb-2. The van der Waals surface area contributed by atoms with Crippen molar-refractivity contribution in [1.82, 2.24) is 0 Å². The minimum Gasteiger partial charge on any atom is -0.429 e.